The van der Waals surface area contributed by atoms with Gasteiger partial charge in [0.2, 0.25) is 5.91 Å². The predicted octanol–water partition coefficient (Wildman–Crippen LogP) is 2.03. The van der Waals surface area contributed by atoms with Gasteiger partial charge in [-0.25, -0.2) is 0 Å². The minimum Gasteiger partial charge on any atom is -0.444 e. The van der Waals surface area contributed by atoms with Crippen LogP contribution in [-0.2, 0) is 4.79 Å². The summed E-state index contributed by atoms with van der Waals surface area (Å²) >= 11 is 3.12. The average molecular weight is 329 g/mol. The Balaban J connectivity index is 1.81. The summed E-state index contributed by atoms with van der Waals surface area (Å²) in [5.74, 6) is 0.341. The SMILES string of the molecule is C[C@@H](C1CC1)N(C)C(=O)CNC(=O)c1ccc(Br)o1. The normalized spacial score (nSPS) is 15.9. The number of nitrogens with zero attached hydrogens (tertiary/aromatic N) is 1. The molecule has 0 spiro atoms. The molecule has 0 radical (unpaired) electrons. The fourth-order valence-corrected chi connectivity index (χ4v) is 2.23. The summed E-state index contributed by atoms with van der Waals surface area (Å²) < 4.78 is 5.60. The Morgan fingerprint density at radius 2 is 2.21 bits per heavy atom. The van der Waals surface area contributed by atoms with Crippen molar-refractivity contribution in [3.63, 3.8) is 0 Å². The van der Waals surface area contributed by atoms with Crippen molar-refractivity contribution in [1.82, 2.24) is 10.2 Å². The number of furan rings is 1. The minimum absolute atomic E-state index is 0.00921. The van der Waals surface area contributed by atoms with Gasteiger partial charge in [-0.05, 0) is 53.7 Å². The van der Waals surface area contributed by atoms with Gasteiger partial charge in [-0.3, -0.25) is 9.59 Å². The molecule has 1 atom stereocenters. The zero-order valence-electron chi connectivity index (χ0n) is 11.0. The van der Waals surface area contributed by atoms with Gasteiger partial charge in [0, 0.05) is 13.1 Å². The lowest BCUT2D eigenvalue weighted by atomic mass is 10.2. The molecule has 1 fully saturated rings. The van der Waals surface area contributed by atoms with E-state index in [-0.39, 0.29) is 30.2 Å². The first kappa shape index (κ1) is 14.1. The molecule has 1 saturated carbocycles. The summed E-state index contributed by atoms with van der Waals surface area (Å²) in [7, 11) is 1.78. The number of rotatable bonds is 5. The zero-order chi connectivity index (χ0) is 14.0. The topological polar surface area (TPSA) is 62.6 Å². The molecule has 0 aliphatic heterocycles. The number of nitrogens with one attached hydrogen (secondary N) is 1. The number of amides is 2. The van der Waals surface area contributed by atoms with Crippen molar-refractivity contribution in [2.24, 2.45) is 5.92 Å². The molecule has 1 aromatic heterocycles. The molecule has 1 aliphatic carbocycles. The molecule has 0 bridgehead atoms. The Labute approximate surface area is 120 Å². The summed E-state index contributed by atoms with van der Waals surface area (Å²) in [5, 5.41) is 2.56. The van der Waals surface area contributed by atoms with Crippen molar-refractivity contribution < 1.29 is 14.0 Å². The van der Waals surface area contributed by atoms with Crippen LogP contribution in [0.1, 0.15) is 30.3 Å². The van der Waals surface area contributed by atoms with Gasteiger partial charge in [-0.1, -0.05) is 0 Å². The highest BCUT2D eigenvalue weighted by molar-refractivity contribution is 9.10. The van der Waals surface area contributed by atoms with Crippen molar-refractivity contribution in [2.45, 2.75) is 25.8 Å². The molecule has 19 heavy (non-hydrogen) atoms. The third-order valence-corrected chi connectivity index (χ3v) is 3.93. The summed E-state index contributed by atoms with van der Waals surface area (Å²) in [6.45, 7) is 2.03. The number of hydrogen-bond acceptors (Lipinski definition) is 3. The summed E-state index contributed by atoms with van der Waals surface area (Å²) in [6, 6.07) is 3.43. The van der Waals surface area contributed by atoms with Gasteiger partial charge < -0.3 is 14.6 Å². The fourth-order valence-electron chi connectivity index (χ4n) is 1.93. The molecule has 0 unspecified atom stereocenters. The summed E-state index contributed by atoms with van der Waals surface area (Å²) in [5.41, 5.74) is 0. The van der Waals surface area contributed by atoms with E-state index in [1.54, 1.807) is 24.1 Å². The molecule has 1 aliphatic rings. The third-order valence-electron chi connectivity index (χ3n) is 3.51. The van der Waals surface area contributed by atoms with E-state index in [1.807, 2.05) is 6.92 Å². The summed E-state index contributed by atoms with van der Waals surface area (Å²) in [6.07, 6.45) is 2.37. The van der Waals surface area contributed by atoms with E-state index < -0.39 is 0 Å². The monoisotopic (exact) mass is 328 g/mol. The first-order valence-corrected chi connectivity index (χ1v) is 7.07. The molecule has 6 heteroatoms. The van der Waals surface area contributed by atoms with Gasteiger partial charge in [0.15, 0.2) is 10.4 Å². The molecule has 104 valence electrons. The van der Waals surface area contributed by atoms with E-state index in [9.17, 15) is 9.59 Å². The Morgan fingerprint density at radius 3 is 2.74 bits per heavy atom. The van der Waals surface area contributed by atoms with Crippen molar-refractivity contribution in [3.8, 4) is 0 Å². The van der Waals surface area contributed by atoms with E-state index in [0.29, 0.717) is 10.6 Å². The van der Waals surface area contributed by atoms with Gasteiger partial charge in [0.05, 0.1) is 6.54 Å². The minimum atomic E-state index is -0.383. The van der Waals surface area contributed by atoms with Gasteiger partial charge in [0.25, 0.3) is 5.91 Å². The van der Waals surface area contributed by atoms with Gasteiger partial charge in [0.1, 0.15) is 0 Å². The van der Waals surface area contributed by atoms with Crippen LogP contribution in [0.15, 0.2) is 21.2 Å². The smallest absolute Gasteiger partial charge is 0.287 e. The molecule has 0 aromatic carbocycles. The van der Waals surface area contributed by atoms with Gasteiger partial charge in [-0.15, -0.1) is 0 Å². The quantitative estimate of drug-likeness (QED) is 0.899. The summed E-state index contributed by atoms with van der Waals surface area (Å²) in [4.78, 5) is 25.3. The Morgan fingerprint density at radius 1 is 1.53 bits per heavy atom. The van der Waals surface area contributed by atoms with Crippen molar-refractivity contribution in [2.75, 3.05) is 13.6 Å². The molecule has 0 saturated heterocycles. The Kier molecular flexibility index (Phi) is 4.29. The van der Waals surface area contributed by atoms with Gasteiger partial charge >= 0.3 is 0 Å². The second kappa shape index (κ2) is 5.77. The maximum Gasteiger partial charge on any atom is 0.287 e. The lowest BCUT2D eigenvalue weighted by Crippen LogP contribution is -2.43. The van der Waals surface area contributed by atoms with Crippen LogP contribution in [0.5, 0.6) is 0 Å². The number of likely N-dealkylation sites (N-methyl/N-ethyl adjacent to an activating group) is 1. The van der Waals surface area contributed by atoms with Crippen LogP contribution in [-0.4, -0.2) is 36.3 Å². The molecular formula is C13H17BrN2O3. The first-order chi connectivity index (χ1) is 8.99. The highest BCUT2D eigenvalue weighted by Gasteiger charge is 2.32. The van der Waals surface area contributed by atoms with Crippen molar-refractivity contribution >= 4 is 27.7 Å². The first-order valence-electron chi connectivity index (χ1n) is 6.28. The van der Waals surface area contributed by atoms with Gasteiger partial charge in [-0.2, -0.15) is 0 Å². The molecule has 1 N–H and O–H groups in total. The van der Waals surface area contributed by atoms with Crippen LogP contribution in [0.3, 0.4) is 0 Å². The standard InChI is InChI=1S/C13H17BrN2O3/c1-8(9-3-4-9)16(2)12(17)7-15-13(18)10-5-6-11(14)19-10/h5-6,8-9H,3-4,7H2,1-2H3,(H,15,18)/t8-/m0/s1. The highest BCUT2D eigenvalue weighted by atomic mass is 79.9. The van der Waals surface area contributed by atoms with E-state index in [0.717, 1.165) is 0 Å². The largest absolute Gasteiger partial charge is 0.444 e. The average Bonchev–Trinajstić information content (AvgIpc) is 3.15. The van der Waals surface area contributed by atoms with E-state index in [4.69, 9.17) is 4.42 Å². The van der Waals surface area contributed by atoms with Crippen LogP contribution in [0.2, 0.25) is 0 Å². The Hall–Kier alpha value is -1.30. The maximum absolute atomic E-state index is 11.9. The molecule has 2 rings (SSSR count). The highest BCUT2D eigenvalue weighted by Crippen LogP contribution is 2.34. The van der Waals surface area contributed by atoms with Crippen LogP contribution < -0.4 is 5.32 Å². The number of halogens is 1. The molecular weight excluding hydrogens is 312 g/mol. The van der Waals surface area contributed by atoms with E-state index in [1.165, 1.54) is 12.8 Å². The second-order valence-corrected chi connectivity index (χ2v) is 5.65. The fraction of sp³-hybridized carbons (Fsp3) is 0.538. The zero-order valence-corrected chi connectivity index (χ0v) is 12.6. The number of hydrogen-bond donors (Lipinski definition) is 1. The van der Waals surface area contributed by atoms with Crippen LogP contribution in [0.25, 0.3) is 0 Å². The maximum atomic E-state index is 11.9. The third kappa shape index (κ3) is 3.59. The van der Waals surface area contributed by atoms with E-state index >= 15 is 0 Å². The lowest BCUT2D eigenvalue weighted by molar-refractivity contribution is -0.130. The molecule has 1 aromatic rings. The molecule has 1 heterocycles. The molecule has 5 nitrogen and oxygen atoms in total. The Bertz CT molecular complexity index is 482. The van der Waals surface area contributed by atoms with Crippen LogP contribution in [0, 0.1) is 5.92 Å². The van der Waals surface area contributed by atoms with Crippen molar-refractivity contribution in [3.05, 3.63) is 22.6 Å². The molecule has 2 amide bonds. The second-order valence-electron chi connectivity index (χ2n) is 4.87. The van der Waals surface area contributed by atoms with Crippen LogP contribution in [0.4, 0.5) is 0 Å². The lowest BCUT2D eigenvalue weighted by Gasteiger charge is -2.24. The van der Waals surface area contributed by atoms with Crippen molar-refractivity contribution in [1.29, 1.82) is 0 Å². The number of carbonyl (C=O) groups excluding carboxylic acids is 2. The number of carbonyl (C=O) groups is 2. The van der Waals surface area contributed by atoms with E-state index in [2.05, 4.69) is 21.2 Å². The predicted molar refractivity (Wildman–Crippen MR) is 73.7 cm³/mol. The van der Waals surface area contributed by atoms with Crippen LogP contribution >= 0.6 is 15.9 Å².